The topological polar surface area (TPSA) is 93.9 Å². The molecule has 0 aliphatic carbocycles. The number of nitro groups is 1. The molecule has 0 atom stereocenters. The van der Waals surface area contributed by atoms with Gasteiger partial charge in [-0.25, -0.2) is 0 Å². The third kappa shape index (κ3) is 4.39. The van der Waals surface area contributed by atoms with E-state index in [1.54, 1.807) is 4.90 Å². The molecule has 0 saturated carbocycles. The number of ether oxygens (including phenoxy) is 2. The molecule has 0 spiro atoms. The highest BCUT2D eigenvalue weighted by molar-refractivity contribution is 5.99. The molecular formula is C17H25N3O5. The molecule has 1 aromatic rings. The fourth-order valence-electron chi connectivity index (χ4n) is 3.05. The number of carbonyl (C=O) groups excluding carboxylic acids is 1. The van der Waals surface area contributed by atoms with Gasteiger partial charge in [0.2, 0.25) is 0 Å². The van der Waals surface area contributed by atoms with Crippen molar-refractivity contribution >= 4 is 11.6 Å². The van der Waals surface area contributed by atoms with Gasteiger partial charge in [-0.15, -0.1) is 0 Å². The molecule has 1 aliphatic rings. The molecule has 0 unspecified atom stereocenters. The first-order valence-corrected chi connectivity index (χ1v) is 8.42. The Labute approximate surface area is 147 Å². The van der Waals surface area contributed by atoms with Crippen molar-refractivity contribution in [2.24, 2.45) is 5.92 Å². The molecule has 1 aromatic carbocycles. The number of hydrogen-bond acceptors (Lipinski definition) is 6. The van der Waals surface area contributed by atoms with Crippen molar-refractivity contribution in [2.75, 3.05) is 40.4 Å². The Morgan fingerprint density at radius 3 is 2.40 bits per heavy atom. The Morgan fingerprint density at radius 1 is 1.28 bits per heavy atom. The molecule has 1 amide bonds. The first-order chi connectivity index (χ1) is 12.0. The summed E-state index contributed by atoms with van der Waals surface area (Å²) in [6.07, 6.45) is 1.78. The highest BCUT2D eigenvalue weighted by Gasteiger charge is 2.30. The number of piperidine rings is 1. The normalized spacial score (nSPS) is 15.1. The van der Waals surface area contributed by atoms with E-state index in [9.17, 15) is 14.9 Å². The van der Waals surface area contributed by atoms with Crippen LogP contribution in [-0.4, -0.2) is 56.1 Å². The Kier molecular flexibility index (Phi) is 6.58. The fraction of sp³-hybridized carbons (Fsp3) is 0.588. The summed E-state index contributed by atoms with van der Waals surface area (Å²) < 4.78 is 10.3. The standard InChI is InChI=1S/C17H25N3O5/c1-4-18-11-12-5-7-19(8-6-12)17(21)13-9-15(24-2)16(25-3)10-14(13)20(22)23/h9-10,12,18H,4-8,11H2,1-3H3. The predicted molar refractivity (Wildman–Crippen MR) is 93.4 cm³/mol. The Balaban J connectivity index is 2.20. The molecule has 0 bridgehead atoms. The maximum atomic E-state index is 12.8. The van der Waals surface area contributed by atoms with Crippen LogP contribution >= 0.6 is 0 Å². The smallest absolute Gasteiger partial charge is 0.286 e. The minimum absolute atomic E-state index is 0.0350. The SMILES string of the molecule is CCNCC1CCN(C(=O)c2cc(OC)c(OC)cc2[N+](=O)[O-])CC1. The number of amides is 1. The molecular weight excluding hydrogens is 326 g/mol. The van der Waals surface area contributed by atoms with Crippen molar-refractivity contribution in [1.82, 2.24) is 10.2 Å². The lowest BCUT2D eigenvalue weighted by Gasteiger charge is -2.32. The van der Waals surface area contributed by atoms with Crippen LogP contribution in [0.15, 0.2) is 12.1 Å². The van der Waals surface area contributed by atoms with Crippen LogP contribution in [0.4, 0.5) is 5.69 Å². The molecule has 8 nitrogen and oxygen atoms in total. The second-order valence-electron chi connectivity index (χ2n) is 6.02. The van der Waals surface area contributed by atoms with Gasteiger partial charge in [-0.1, -0.05) is 6.92 Å². The molecule has 1 N–H and O–H groups in total. The van der Waals surface area contributed by atoms with Gasteiger partial charge >= 0.3 is 0 Å². The van der Waals surface area contributed by atoms with Crippen molar-refractivity contribution in [2.45, 2.75) is 19.8 Å². The van der Waals surface area contributed by atoms with Gasteiger partial charge in [-0.05, 0) is 31.8 Å². The molecule has 138 valence electrons. The monoisotopic (exact) mass is 351 g/mol. The third-order valence-electron chi connectivity index (χ3n) is 4.51. The second kappa shape index (κ2) is 8.66. The number of rotatable bonds is 7. The predicted octanol–water partition coefficient (Wildman–Crippen LogP) is 2.07. The van der Waals surface area contributed by atoms with Gasteiger partial charge in [0.1, 0.15) is 5.56 Å². The lowest BCUT2D eigenvalue weighted by molar-refractivity contribution is -0.385. The van der Waals surface area contributed by atoms with E-state index < -0.39 is 4.92 Å². The van der Waals surface area contributed by atoms with Crippen molar-refractivity contribution in [3.63, 3.8) is 0 Å². The summed E-state index contributed by atoms with van der Waals surface area (Å²) in [5.41, 5.74) is -0.231. The summed E-state index contributed by atoms with van der Waals surface area (Å²) in [4.78, 5) is 25.3. The average molecular weight is 351 g/mol. The van der Waals surface area contributed by atoms with Crippen LogP contribution in [-0.2, 0) is 0 Å². The number of likely N-dealkylation sites (tertiary alicyclic amines) is 1. The van der Waals surface area contributed by atoms with Crippen LogP contribution < -0.4 is 14.8 Å². The summed E-state index contributed by atoms with van der Waals surface area (Å²) in [5.74, 6) is 0.729. The number of nitrogens with zero attached hydrogens (tertiary/aromatic N) is 2. The zero-order valence-corrected chi connectivity index (χ0v) is 14.9. The van der Waals surface area contributed by atoms with Crippen LogP contribution in [0, 0.1) is 16.0 Å². The number of hydrogen-bond donors (Lipinski definition) is 1. The highest BCUT2D eigenvalue weighted by Crippen LogP contribution is 2.35. The summed E-state index contributed by atoms with van der Waals surface area (Å²) in [6, 6.07) is 2.63. The Morgan fingerprint density at radius 2 is 1.88 bits per heavy atom. The van der Waals surface area contributed by atoms with Gasteiger partial charge in [0.15, 0.2) is 11.5 Å². The molecule has 25 heavy (non-hydrogen) atoms. The minimum Gasteiger partial charge on any atom is -0.493 e. The van der Waals surface area contributed by atoms with Gasteiger partial charge in [0.05, 0.1) is 25.2 Å². The van der Waals surface area contributed by atoms with Crippen molar-refractivity contribution in [3.05, 3.63) is 27.8 Å². The average Bonchev–Trinajstić information content (AvgIpc) is 2.64. The summed E-state index contributed by atoms with van der Waals surface area (Å²) >= 11 is 0. The van der Waals surface area contributed by atoms with E-state index in [-0.39, 0.29) is 22.9 Å². The van der Waals surface area contributed by atoms with E-state index in [0.717, 1.165) is 25.9 Å². The van der Waals surface area contributed by atoms with Crippen LogP contribution in [0.2, 0.25) is 0 Å². The van der Waals surface area contributed by atoms with Gasteiger partial charge in [-0.3, -0.25) is 14.9 Å². The van der Waals surface area contributed by atoms with Crippen LogP contribution in [0.5, 0.6) is 11.5 Å². The van der Waals surface area contributed by atoms with E-state index in [4.69, 9.17) is 9.47 Å². The van der Waals surface area contributed by atoms with Crippen molar-refractivity contribution in [1.29, 1.82) is 0 Å². The molecule has 1 heterocycles. The number of carbonyl (C=O) groups is 1. The highest BCUT2D eigenvalue weighted by atomic mass is 16.6. The molecule has 2 rings (SSSR count). The Hall–Kier alpha value is -2.35. The van der Waals surface area contributed by atoms with Gasteiger partial charge in [0, 0.05) is 19.2 Å². The van der Waals surface area contributed by atoms with Crippen molar-refractivity contribution in [3.8, 4) is 11.5 Å². The zero-order chi connectivity index (χ0) is 18.4. The van der Waals surface area contributed by atoms with E-state index >= 15 is 0 Å². The summed E-state index contributed by atoms with van der Waals surface area (Å²) in [5, 5.41) is 14.7. The lowest BCUT2D eigenvalue weighted by Crippen LogP contribution is -2.41. The first-order valence-electron chi connectivity index (χ1n) is 8.42. The molecule has 0 aromatic heterocycles. The van der Waals surface area contributed by atoms with Crippen LogP contribution in [0.25, 0.3) is 0 Å². The number of nitrogens with one attached hydrogen (secondary N) is 1. The van der Waals surface area contributed by atoms with Crippen LogP contribution in [0.1, 0.15) is 30.1 Å². The Bertz CT molecular complexity index is 627. The molecule has 8 heteroatoms. The zero-order valence-electron chi connectivity index (χ0n) is 14.9. The molecule has 1 fully saturated rings. The van der Waals surface area contributed by atoms with Crippen molar-refractivity contribution < 1.29 is 19.2 Å². The van der Waals surface area contributed by atoms with E-state index in [1.807, 2.05) is 0 Å². The number of methoxy groups -OCH3 is 2. The maximum Gasteiger partial charge on any atom is 0.286 e. The first kappa shape index (κ1) is 19.0. The summed E-state index contributed by atoms with van der Waals surface area (Å²) in [7, 11) is 2.84. The quantitative estimate of drug-likeness (QED) is 0.597. The molecule has 1 aliphatic heterocycles. The largest absolute Gasteiger partial charge is 0.493 e. The maximum absolute atomic E-state index is 12.8. The van der Waals surface area contributed by atoms with E-state index in [1.165, 1.54) is 26.4 Å². The molecule has 0 radical (unpaired) electrons. The number of nitro benzene ring substituents is 1. The molecule has 1 saturated heterocycles. The third-order valence-corrected chi connectivity index (χ3v) is 4.51. The second-order valence-corrected chi connectivity index (χ2v) is 6.02. The van der Waals surface area contributed by atoms with E-state index in [2.05, 4.69) is 12.2 Å². The van der Waals surface area contributed by atoms with E-state index in [0.29, 0.717) is 24.8 Å². The number of benzene rings is 1. The van der Waals surface area contributed by atoms with Gasteiger partial charge in [-0.2, -0.15) is 0 Å². The minimum atomic E-state index is -0.562. The lowest BCUT2D eigenvalue weighted by atomic mass is 9.96. The fourth-order valence-corrected chi connectivity index (χ4v) is 3.05. The van der Waals surface area contributed by atoms with Gasteiger partial charge < -0.3 is 19.7 Å². The summed E-state index contributed by atoms with van der Waals surface area (Å²) in [6.45, 7) is 5.13. The van der Waals surface area contributed by atoms with Crippen LogP contribution in [0.3, 0.4) is 0 Å². The van der Waals surface area contributed by atoms with Gasteiger partial charge in [0.25, 0.3) is 11.6 Å².